The summed E-state index contributed by atoms with van der Waals surface area (Å²) in [6.07, 6.45) is 63.2. The summed E-state index contributed by atoms with van der Waals surface area (Å²) in [7, 11) is 0. The summed E-state index contributed by atoms with van der Waals surface area (Å²) >= 11 is 0. The molecule has 3 aliphatic heterocycles. The van der Waals surface area contributed by atoms with E-state index in [2.05, 4.69) is 417 Å². The standard InChI is InChI=1S/C44H29N3.C40H30N2.C37H24N4/c1-3-9-28(10-4-1)34-26-33-25-32-21-23-37-36(22-19-30-20-24-38(42(32)41(30)37)43(33)45-27-34)29-15-17-31(18-16-29)44-46-39-13-7-8-14-40(39)47(44)35-11-5-2-6-12-35;1-23-24(2)35-22-28-16-20-33-30(19-14-27-15-21-34(39(28)38(27)33)40(35)41-25(23)3)26-12-17-29(18-13-26)42-36-10-6-4-8-31(36)32-9-5-7-11-37(32)42;1-2-5-23(6-3-1)29-20-28-19-27-13-15-31-30(14-11-26-12-16-32(35(27)34(26)31)36(28)39-21-29)24-7-9-25(10-8-24)33-22-41-18-4-17-38-37(41)40-33/h1-27,41,43H;4-22,38,40H,1-3H3;1-22,34,36H. The average Bonchev–Trinajstić information content (AvgIpc) is 1.03. The number of fused-ring (bicyclic) bond motifs is 11. The van der Waals surface area contributed by atoms with Crippen molar-refractivity contribution in [2.45, 2.75) is 38.9 Å². The van der Waals surface area contributed by atoms with Gasteiger partial charge in [-0.2, -0.15) is 0 Å². The topological polar surface area (TPSA) is 90.0 Å². The maximum Gasteiger partial charge on any atom is 0.234 e. The highest BCUT2D eigenvalue weighted by Gasteiger charge is 2.44. The van der Waals surface area contributed by atoms with Crippen LogP contribution in [-0.4, -0.2) is 64.8 Å². The van der Waals surface area contributed by atoms with E-state index >= 15 is 0 Å². The van der Waals surface area contributed by atoms with Gasteiger partial charge in [-0.05, 0) is 273 Å². The molecule has 6 atom stereocenters. The molecular weight excluding hydrogens is 1580 g/mol. The number of nitrogens with zero attached hydrogens (tertiary/aromatic N) is 9. The summed E-state index contributed by atoms with van der Waals surface area (Å²) < 4.78 is 6.60. The molecule has 0 radical (unpaired) electrons. The molecule has 13 aromatic rings. The molecule has 9 nitrogen and oxygen atoms in total. The molecule has 0 N–H and O–H groups in total. The van der Waals surface area contributed by atoms with Crippen molar-refractivity contribution in [1.82, 2.24) is 28.5 Å². The molecule has 0 bridgehead atoms. The van der Waals surface area contributed by atoms with E-state index in [0.717, 1.165) is 56.2 Å². The van der Waals surface area contributed by atoms with Gasteiger partial charge in [-0.1, -0.05) is 297 Å². The molecule has 9 heteroatoms. The van der Waals surface area contributed by atoms with E-state index in [1.807, 2.05) is 29.1 Å². The number of hydrogen-bond donors (Lipinski definition) is 0. The highest BCUT2D eigenvalue weighted by molar-refractivity contribution is 6.14. The van der Waals surface area contributed by atoms with Gasteiger partial charge in [0, 0.05) is 87.8 Å². The number of allylic oxidation sites excluding steroid dienone is 36. The van der Waals surface area contributed by atoms with Crippen molar-refractivity contribution in [2.75, 3.05) is 0 Å². The van der Waals surface area contributed by atoms with Gasteiger partial charge in [0.15, 0.2) is 0 Å². The van der Waals surface area contributed by atoms with Crippen molar-refractivity contribution in [3.8, 4) is 34.0 Å². The zero-order valence-electron chi connectivity index (χ0n) is 71.7. The van der Waals surface area contributed by atoms with Crippen LogP contribution in [0.4, 0.5) is 0 Å². The Morgan fingerprint density at radius 1 is 0.315 bits per heavy atom. The van der Waals surface area contributed by atoms with Crippen molar-refractivity contribution < 1.29 is 0 Å². The van der Waals surface area contributed by atoms with Gasteiger partial charge >= 0.3 is 0 Å². The van der Waals surface area contributed by atoms with Gasteiger partial charge in [-0.15, -0.1) is 0 Å². The minimum atomic E-state index is 0.0317. The molecule has 0 saturated carbocycles. The zero-order valence-corrected chi connectivity index (χ0v) is 71.7. The summed E-state index contributed by atoms with van der Waals surface area (Å²) in [6.45, 7) is 6.61. The minimum absolute atomic E-state index is 0.0317. The minimum Gasteiger partial charge on any atom is -0.309 e. The highest BCUT2D eigenvalue weighted by Crippen LogP contribution is 2.57. The van der Waals surface area contributed by atoms with Crippen molar-refractivity contribution in [2.24, 2.45) is 32.7 Å². The first-order chi connectivity index (χ1) is 64.2. The Bertz CT molecular complexity index is 8120. The third-order valence-electron chi connectivity index (χ3n) is 28.6. The molecule has 0 spiro atoms. The highest BCUT2D eigenvalue weighted by atomic mass is 15.1. The van der Waals surface area contributed by atoms with Gasteiger partial charge in [0.2, 0.25) is 5.78 Å². The number of imidazole rings is 2. The van der Waals surface area contributed by atoms with Crippen LogP contribution in [0, 0.1) is 17.8 Å². The van der Waals surface area contributed by atoms with E-state index in [0.29, 0.717) is 5.78 Å². The lowest BCUT2D eigenvalue weighted by atomic mass is 9.64. The maximum absolute atomic E-state index is 5.19. The second-order valence-electron chi connectivity index (χ2n) is 35.5. The zero-order chi connectivity index (χ0) is 85.9. The van der Waals surface area contributed by atoms with E-state index in [1.165, 1.54) is 183 Å². The van der Waals surface area contributed by atoms with Gasteiger partial charge in [-0.25, -0.2) is 15.0 Å². The summed E-state index contributed by atoms with van der Waals surface area (Å²) in [6, 6.07) is 86.2. The lowest BCUT2D eigenvalue weighted by molar-refractivity contribution is 0.775. The first-order valence-corrected chi connectivity index (χ1v) is 45.1. The van der Waals surface area contributed by atoms with Crippen LogP contribution in [0.25, 0.3) is 101 Å². The van der Waals surface area contributed by atoms with Crippen LogP contribution in [0.3, 0.4) is 0 Å². The number of dihydropyridines is 3. The first-order valence-electron chi connectivity index (χ1n) is 45.1. The fraction of sp³-hybridized carbons (Fsp3) is 0.0744. The second kappa shape index (κ2) is 29.9. The Labute approximate surface area is 754 Å². The Hall–Kier alpha value is -16.4. The van der Waals surface area contributed by atoms with Crippen molar-refractivity contribution in [3.63, 3.8) is 0 Å². The first kappa shape index (κ1) is 75.0. The van der Waals surface area contributed by atoms with Gasteiger partial charge in [0.1, 0.15) is 23.9 Å². The largest absolute Gasteiger partial charge is 0.309 e. The van der Waals surface area contributed by atoms with E-state index in [4.69, 9.17) is 24.9 Å². The number of rotatable bonds is 9. The third kappa shape index (κ3) is 12.1. The molecule has 0 amide bonds. The molecule has 612 valence electrons. The van der Waals surface area contributed by atoms with Gasteiger partial charge < -0.3 is 4.57 Å². The fourth-order valence-electron chi connectivity index (χ4n) is 22.2. The number of benzene rings is 9. The second-order valence-corrected chi connectivity index (χ2v) is 35.5. The van der Waals surface area contributed by atoms with E-state index < -0.39 is 0 Å². The van der Waals surface area contributed by atoms with Crippen LogP contribution in [0.15, 0.2) is 527 Å². The molecule has 130 heavy (non-hydrogen) atoms. The predicted molar refractivity (Wildman–Crippen MR) is 534 cm³/mol. The number of para-hydroxylation sites is 5. The quantitative estimate of drug-likeness (QED) is 0.144. The lowest BCUT2D eigenvalue weighted by Crippen LogP contribution is -2.31. The molecular formula is C121H83N9. The Kier molecular flexibility index (Phi) is 17.3. The van der Waals surface area contributed by atoms with Crippen LogP contribution in [-0.2, 0) is 0 Å². The predicted octanol–water partition coefficient (Wildman–Crippen LogP) is 27.0. The molecule has 0 fully saturated rings. The Morgan fingerprint density at radius 2 is 0.762 bits per heavy atom. The van der Waals surface area contributed by atoms with Gasteiger partial charge in [0.05, 0.1) is 27.8 Å². The number of hydrogen-bond acceptors (Lipinski definition) is 6. The summed E-state index contributed by atoms with van der Waals surface area (Å²) in [5, 5.41) is 2.58. The number of aromatic nitrogens is 6. The summed E-state index contributed by atoms with van der Waals surface area (Å²) in [5.74, 6) is 2.35. The molecule has 4 aromatic heterocycles. The van der Waals surface area contributed by atoms with Crippen LogP contribution < -0.4 is 0 Å². The SMILES string of the molecule is C1=CC(c2ccc(-c3cn4cccnc4n3)cc2)=C2C=CC3=C4C(=CC=C1C24)C1N=CC(c2ccccc2)=CC1=C3.C1=CC(c2ccc(-c3nc4ccccc4n3-c3ccccc3)cc2)=C2C=CC3=C4C(=CC=C1C24)C1N=CC(c2ccccc2)=CC1=C3.CC1=NC2C(=CC3=C4C2=CC=C2C=CC(c5ccc(-n6c7ccccc7c7ccccc76)cc5)=C(C=C3)C24)C(C)=C1C. The van der Waals surface area contributed by atoms with E-state index in [1.54, 1.807) is 6.20 Å². The summed E-state index contributed by atoms with van der Waals surface area (Å²) in [5.41, 5.74) is 50.2. The average molecular weight is 1660 g/mol. The van der Waals surface area contributed by atoms with Crippen LogP contribution in [0.2, 0.25) is 0 Å². The molecule has 12 aliphatic carbocycles. The fourth-order valence-corrected chi connectivity index (χ4v) is 22.2. The van der Waals surface area contributed by atoms with Crippen LogP contribution in [0.5, 0.6) is 0 Å². The Balaban J connectivity index is 0.000000103. The van der Waals surface area contributed by atoms with E-state index in [-0.39, 0.29) is 35.9 Å². The normalized spacial score (nSPS) is 21.4. The summed E-state index contributed by atoms with van der Waals surface area (Å²) in [4.78, 5) is 29.5. The molecule has 15 aliphatic rings. The van der Waals surface area contributed by atoms with Crippen LogP contribution >= 0.6 is 0 Å². The molecule has 7 heterocycles. The maximum atomic E-state index is 5.19. The third-order valence-corrected chi connectivity index (χ3v) is 28.6. The molecule has 6 unspecified atom stereocenters. The van der Waals surface area contributed by atoms with Crippen molar-refractivity contribution >= 4 is 84.6 Å². The lowest BCUT2D eigenvalue weighted by Gasteiger charge is -2.41. The van der Waals surface area contributed by atoms with E-state index in [9.17, 15) is 0 Å². The molecule has 28 rings (SSSR count). The smallest absolute Gasteiger partial charge is 0.234 e. The van der Waals surface area contributed by atoms with Crippen molar-refractivity contribution in [3.05, 3.63) is 540 Å². The molecule has 9 aromatic carbocycles. The van der Waals surface area contributed by atoms with Crippen LogP contribution in [0.1, 0.15) is 48.6 Å². The number of aliphatic imine (C=N–C) groups is 3. The van der Waals surface area contributed by atoms with Crippen molar-refractivity contribution in [1.29, 1.82) is 0 Å². The van der Waals surface area contributed by atoms with Gasteiger partial charge in [0.25, 0.3) is 0 Å². The monoisotopic (exact) mass is 1660 g/mol. The van der Waals surface area contributed by atoms with Gasteiger partial charge in [-0.3, -0.25) is 23.9 Å². The molecule has 0 saturated heterocycles. The Morgan fingerprint density at radius 3 is 1.28 bits per heavy atom.